The van der Waals surface area contributed by atoms with Gasteiger partial charge in [0.2, 0.25) is 0 Å². The van der Waals surface area contributed by atoms with E-state index in [1.54, 1.807) is 24.3 Å². The summed E-state index contributed by atoms with van der Waals surface area (Å²) in [7, 11) is 0. The molecular formula is C27H25F2N5O3. The predicted molar refractivity (Wildman–Crippen MR) is 135 cm³/mol. The molecule has 8 nitrogen and oxygen atoms in total. The SMILES string of the molecule is O=C(Nc1n[nH]c2ccc(Cc3cc(F)cc(F)c3)cc12)c1ccc(CN2CCCCC2)cc1[N+](=O)[O-]. The van der Waals surface area contributed by atoms with Gasteiger partial charge in [-0.25, -0.2) is 8.78 Å². The second kappa shape index (κ2) is 10.4. The molecule has 0 atom stereocenters. The Bertz CT molecular complexity index is 1460. The highest BCUT2D eigenvalue weighted by molar-refractivity contribution is 6.10. The standard InChI is InChI=1S/C27H25F2N5O3/c28-20-11-19(12-21(29)15-20)10-17-5-7-24-23(13-17)26(32-31-24)30-27(35)22-6-4-18(14-25(22)34(36)37)16-33-8-2-1-3-9-33/h4-7,11-15H,1-3,8-10,16H2,(H2,30,31,32,35). The summed E-state index contributed by atoms with van der Waals surface area (Å²) in [5, 5.41) is 22.0. The molecule has 10 heteroatoms. The van der Waals surface area contributed by atoms with Crippen LogP contribution in [0.2, 0.25) is 0 Å². The molecular weight excluding hydrogens is 480 g/mol. The van der Waals surface area contributed by atoms with Gasteiger partial charge < -0.3 is 5.32 Å². The zero-order chi connectivity index (χ0) is 25.9. The average molecular weight is 506 g/mol. The van der Waals surface area contributed by atoms with Crippen molar-refractivity contribution in [1.82, 2.24) is 15.1 Å². The Morgan fingerprint density at radius 1 is 0.973 bits per heavy atom. The van der Waals surface area contributed by atoms with Crippen LogP contribution in [0.1, 0.15) is 46.3 Å². The number of anilines is 1. The first-order valence-corrected chi connectivity index (χ1v) is 12.1. The van der Waals surface area contributed by atoms with Gasteiger partial charge in [0.15, 0.2) is 5.82 Å². The molecule has 0 aliphatic carbocycles. The van der Waals surface area contributed by atoms with Crippen LogP contribution in [0.25, 0.3) is 10.9 Å². The molecule has 4 aromatic rings. The number of aromatic amines is 1. The Kier molecular flexibility index (Phi) is 6.91. The van der Waals surface area contributed by atoms with E-state index >= 15 is 0 Å². The van der Waals surface area contributed by atoms with E-state index in [9.17, 15) is 23.7 Å². The van der Waals surface area contributed by atoms with E-state index < -0.39 is 22.5 Å². The van der Waals surface area contributed by atoms with Crippen LogP contribution in [-0.2, 0) is 13.0 Å². The molecule has 0 saturated carbocycles. The Hall–Kier alpha value is -4.18. The molecule has 5 rings (SSSR count). The lowest BCUT2D eigenvalue weighted by Gasteiger charge is -2.26. The Morgan fingerprint density at radius 3 is 2.43 bits per heavy atom. The van der Waals surface area contributed by atoms with E-state index in [1.165, 1.54) is 30.7 Å². The van der Waals surface area contributed by atoms with E-state index in [-0.39, 0.29) is 23.5 Å². The summed E-state index contributed by atoms with van der Waals surface area (Å²) >= 11 is 0. The van der Waals surface area contributed by atoms with Crippen LogP contribution in [0.4, 0.5) is 20.3 Å². The minimum Gasteiger partial charge on any atom is -0.304 e. The molecule has 2 heterocycles. The average Bonchev–Trinajstić information content (AvgIpc) is 3.25. The first kappa shape index (κ1) is 24.5. The summed E-state index contributed by atoms with van der Waals surface area (Å²) in [5.41, 5.74) is 2.31. The molecule has 3 aromatic carbocycles. The van der Waals surface area contributed by atoms with Crippen molar-refractivity contribution in [2.75, 3.05) is 18.4 Å². The van der Waals surface area contributed by atoms with Gasteiger partial charge in [0, 0.05) is 24.1 Å². The van der Waals surface area contributed by atoms with Crippen LogP contribution in [0, 0.1) is 21.7 Å². The number of nitrogens with one attached hydrogen (secondary N) is 2. The normalized spacial score (nSPS) is 14.1. The Balaban J connectivity index is 1.37. The van der Waals surface area contributed by atoms with Gasteiger partial charge in [-0.1, -0.05) is 18.6 Å². The summed E-state index contributed by atoms with van der Waals surface area (Å²) in [5.74, 6) is -1.76. The van der Waals surface area contributed by atoms with Crippen LogP contribution >= 0.6 is 0 Å². The molecule has 0 spiro atoms. The number of hydrogen-bond donors (Lipinski definition) is 2. The van der Waals surface area contributed by atoms with Crippen LogP contribution in [0.3, 0.4) is 0 Å². The topological polar surface area (TPSA) is 104 Å². The summed E-state index contributed by atoms with van der Waals surface area (Å²) < 4.78 is 27.2. The van der Waals surface area contributed by atoms with E-state index in [4.69, 9.17) is 0 Å². The van der Waals surface area contributed by atoms with Gasteiger partial charge in [-0.05, 0) is 79.4 Å². The number of rotatable bonds is 7. The van der Waals surface area contributed by atoms with Crippen LogP contribution < -0.4 is 5.32 Å². The van der Waals surface area contributed by atoms with Crippen LogP contribution in [0.15, 0.2) is 54.6 Å². The number of halogens is 2. The number of nitro benzene ring substituents is 1. The largest absolute Gasteiger partial charge is 0.304 e. The minimum absolute atomic E-state index is 0.0602. The van der Waals surface area contributed by atoms with Gasteiger partial charge in [-0.3, -0.25) is 24.9 Å². The van der Waals surface area contributed by atoms with E-state index in [2.05, 4.69) is 20.4 Å². The third-order valence-electron chi connectivity index (χ3n) is 6.55. The molecule has 0 radical (unpaired) electrons. The lowest BCUT2D eigenvalue weighted by Crippen LogP contribution is -2.29. The fourth-order valence-electron chi connectivity index (χ4n) is 4.78. The van der Waals surface area contributed by atoms with Gasteiger partial charge in [-0.2, -0.15) is 5.10 Å². The quantitative estimate of drug-likeness (QED) is 0.252. The highest BCUT2D eigenvalue weighted by Gasteiger charge is 2.23. The zero-order valence-electron chi connectivity index (χ0n) is 20.0. The molecule has 1 fully saturated rings. The van der Waals surface area contributed by atoms with Crippen LogP contribution in [0.5, 0.6) is 0 Å². The Labute approximate surface area is 211 Å². The molecule has 37 heavy (non-hydrogen) atoms. The number of H-pyrrole nitrogens is 1. The van der Waals surface area contributed by atoms with Crippen molar-refractivity contribution in [3.8, 4) is 0 Å². The van der Waals surface area contributed by atoms with Gasteiger partial charge in [0.25, 0.3) is 11.6 Å². The number of piperidine rings is 1. The lowest BCUT2D eigenvalue weighted by molar-refractivity contribution is -0.385. The van der Waals surface area contributed by atoms with Crippen molar-refractivity contribution in [3.63, 3.8) is 0 Å². The van der Waals surface area contributed by atoms with Gasteiger partial charge >= 0.3 is 0 Å². The maximum atomic E-state index is 13.6. The number of nitro groups is 1. The molecule has 0 unspecified atom stereocenters. The smallest absolute Gasteiger partial charge is 0.282 e. The van der Waals surface area contributed by atoms with Gasteiger partial charge in [0.05, 0.1) is 10.4 Å². The number of likely N-dealkylation sites (tertiary alicyclic amines) is 1. The summed E-state index contributed by atoms with van der Waals surface area (Å²) in [6.45, 7) is 2.52. The molecule has 1 aliphatic heterocycles. The number of nitrogens with zero attached hydrogens (tertiary/aromatic N) is 3. The van der Waals surface area contributed by atoms with Gasteiger partial charge in [0.1, 0.15) is 17.2 Å². The van der Waals surface area contributed by atoms with E-state index in [1.807, 2.05) is 0 Å². The fraction of sp³-hybridized carbons (Fsp3) is 0.259. The fourth-order valence-corrected chi connectivity index (χ4v) is 4.78. The lowest BCUT2D eigenvalue weighted by atomic mass is 10.0. The third-order valence-corrected chi connectivity index (χ3v) is 6.55. The molecule has 1 aromatic heterocycles. The highest BCUT2D eigenvalue weighted by atomic mass is 19.1. The maximum absolute atomic E-state index is 13.6. The Morgan fingerprint density at radius 2 is 1.70 bits per heavy atom. The number of hydrogen-bond acceptors (Lipinski definition) is 5. The predicted octanol–water partition coefficient (Wildman–Crippen LogP) is 5.58. The maximum Gasteiger partial charge on any atom is 0.282 e. The summed E-state index contributed by atoms with van der Waals surface area (Å²) in [4.78, 5) is 26.6. The van der Waals surface area contributed by atoms with Crippen molar-refractivity contribution < 1.29 is 18.5 Å². The monoisotopic (exact) mass is 505 g/mol. The summed E-state index contributed by atoms with van der Waals surface area (Å²) in [6.07, 6.45) is 3.69. The molecule has 190 valence electrons. The molecule has 2 N–H and O–H groups in total. The number of amides is 1. The van der Waals surface area contributed by atoms with E-state index in [0.29, 0.717) is 23.0 Å². The van der Waals surface area contributed by atoms with Crippen LogP contribution in [-0.4, -0.2) is 39.0 Å². The second-order valence-electron chi connectivity index (χ2n) is 9.31. The van der Waals surface area contributed by atoms with Crippen molar-refractivity contribution in [2.24, 2.45) is 0 Å². The van der Waals surface area contributed by atoms with Crippen molar-refractivity contribution in [3.05, 3.63) is 98.6 Å². The number of carbonyl (C=O) groups is 1. The number of aromatic nitrogens is 2. The molecule has 1 saturated heterocycles. The molecule has 1 aliphatic rings. The molecule has 1 amide bonds. The second-order valence-corrected chi connectivity index (χ2v) is 9.31. The number of fused-ring (bicyclic) bond motifs is 1. The minimum atomic E-state index is -0.657. The van der Waals surface area contributed by atoms with Crippen molar-refractivity contribution in [1.29, 1.82) is 0 Å². The highest BCUT2D eigenvalue weighted by Crippen LogP contribution is 2.27. The summed E-state index contributed by atoms with van der Waals surface area (Å²) in [6, 6.07) is 13.3. The number of carbonyl (C=O) groups excluding carboxylic acids is 1. The first-order chi connectivity index (χ1) is 17.9. The van der Waals surface area contributed by atoms with E-state index in [0.717, 1.165) is 43.1 Å². The third kappa shape index (κ3) is 5.64. The van der Waals surface area contributed by atoms with Crippen molar-refractivity contribution >= 4 is 28.3 Å². The number of benzene rings is 3. The van der Waals surface area contributed by atoms with Gasteiger partial charge in [-0.15, -0.1) is 0 Å². The molecule has 0 bridgehead atoms. The van der Waals surface area contributed by atoms with Crippen molar-refractivity contribution in [2.45, 2.75) is 32.2 Å². The first-order valence-electron chi connectivity index (χ1n) is 12.1. The zero-order valence-corrected chi connectivity index (χ0v) is 20.0.